The SMILES string of the molecule is C[O-].C[O-].C[O-].C[O-].[C+4]. The summed E-state index contributed by atoms with van der Waals surface area (Å²) in [4.78, 5) is 0. The second-order valence-electron chi connectivity index (χ2n) is 0. The van der Waals surface area contributed by atoms with Crippen molar-refractivity contribution in [3.05, 3.63) is 7.43 Å². The average Bonchev–Trinajstić information content (AvgIpc) is 2.03. The van der Waals surface area contributed by atoms with Crippen LogP contribution in [0.1, 0.15) is 0 Å². The van der Waals surface area contributed by atoms with Crippen molar-refractivity contribution in [2.24, 2.45) is 0 Å². The zero-order valence-electron chi connectivity index (χ0n) is 6.13. The van der Waals surface area contributed by atoms with Crippen LogP contribution in [-0.4, -0.2) is 28.4 Å². The Morgan fingerprint density at radius 2 is 0.444 bits per heavy atom. The molecule has 0 saturated heterocycles. The van der Waals surface area contributed by atoms with E-state index in [2.05, 4.69) is 0 Å². The fraction of sp³-hybridized carbons (Fsp3) is 0.800. The zero-order valence-corrected chi connectivity index (χ0v) is 6.13. The van der Waals surface area contributed by atoms with E-state index in [1.165, 1.54) is 0 Å². The van der Waals surface area contributed by atoms with Gasteiger partial charge >= 0.3 is 7.43 Å². The first-order valence-corrected chi connectivity index (χ1v) is 1.63. The van der Waals surface area contributed by atoms with Crippen molar-refractivity contribution >= 4 is 0 Å². The predicted molar refractivity (Wildman–Crippen MR) is 26.9 cm³/mol. The molecular formula is C5H12O4. The van der Waals surface area contributed by atoms with Crippen molar-refractivity contribution in [3.63, 3.8) is 0 Å². The van der Waals surface area contributed by atoms with Gasteiger partial charge in [0, 0.05) is 0 Å². The van der Waals surface area contributed by atoms with Gasteiger partial charge in [0.15, 0.2) is 0 Å². The molecule has 0 aliphatic heterocycles. The molecule has 4 nitrogen and oxygen atoms in total. The van der Waals surface area contributed by atoms with Crippen molar-refractivity contribution in [3.8, 4) is 0 Å². The molecule has 0 heterocycles. The smallest absolute Gasteiger partial charge is 0.857 e. The molecule has 0 aromatic carbocycles. The molecule has 0 unspecified atom stereocenters. The van der Waals surface area contributed by atoms with Gasteiger partial charge in [0.25, 0.3) is 0 Å². The van der Waals surface area contributed by atoms with Gasteiger partial charge in [-0.2, -0.15) is 28.4 Å². The number of rotatable bonds is 0. The van der Waals surface area contributed by atoms with Crippen LogP contribution in [0.4, 0.5) is 0 Å². The first-order chi connectivity index (χ1) is 4.00. The van der Waals surface area contributed by atoms with Gasteiger partial charge in [-0.15, -0.1) is 0 Å². The van der Waals surface area contributed by atoms with Gasteiger partial charge in [0.05, 0.1) is 0 Å². The molecule has 0 aliphatic carbocycles. The second-order valence-corrected chi connectivity index (χ2v) is 0. The molecular weight excluding hydrogens is 124 g/mol. The molecule has 0 spiro atoms. The van der Waals surface area contributed by atoms with Crippen LogP contribution < -0.4 is 20.4 Å². The zero-order chi connectivity index (χ0) is 8.00. The average molecular weight is 136 g/mol. The van der Waals surface area contributed by atoms with Crippen LogP contribution in [0.5, 0.6) is 0 Å². The summed E-state index contributed by atoms with van der Waals surface area (Å²) in [6, 6.07) is 0. The monoisotopic (exact) mass is 136 g/mol. The minimum absolute atomic E-state index is 0. The predicted octanol–water partition coefficient (Wildman–Crippen LogP) is -4.01. The molecule has 0 aromatic rings. The molecule has 0 rings (SSSR count). The number of hydrogen-bond acceptors (Lipinski definition) is 4. The van der Waals surface area contributed by atoms with E-state index in [4.69, 9.17) is 20.4 Å². The summed E-state index contributed by atoms with van der Waals surface area (Å²) >= 11 is 0. The normalized spacial score (nSPS) is 2.67. The van der Waals surface area contributed by atoms with Crippen LogP contribution >= 0.6 is 0 Å². The largest absolute Gasteiger partial charge is 4.00 e. The topological polar surface area (TPSA) is 92.2 Å². The Kier molecular flexibility index (Phi) is 58700. The van der Waals surface area contributed by atoms with Gasteiger partial charge < -0.3 is 20.4 Å². The Bertz CT molecular complexity index is 8.92. The molecule has 0 aromatic heterocycles. The van der Waals surface area contributed by atoms with Crippen molar-refractivity contribution in [1.82, 2.24) is 0 Å². The summed E-state index contributed by atoms with van der Waals surface area (Å²) in [7, 11) is 3.00. The van der Waals surface area contributed by atoms with Gasteiger partial charge in [-0.1, -0.05) is 0 Å². The van der Waals surface area contributed by atoms with E-state index in [9.17, 15) is 0 Å². The van der Waals surface area contributed by atoms with Gasteiger partial charge in [0.1, 0.15) is 0 Å². The van der Waals surface area contributed by atoms with Gasteiger partial charge in [-0.3, -0.25) is 0 Å². The Balaban J connectivity index is -0.00000000762. The van der Waals surface area contributed by atoms with Crippen LogP contribution in [0, 0.1) is 7.43 Å². The maximum atomic E-state index is 8.25. The van der Waals surface area contributed by atoms with E-state index in [0.717, 1.165) is 28.4 Å². The summed E-state index contributed by atoms with van der Waals surface area (Å²) in [5, 5.41) is 33.0. The summed E-state index contributed by atoms with van der Waals surface area (Å²) in [6.45, 7) is 0. The van der Waals surface area contributed by atoms with Crippen LogP contribution in [0.2, 0.25) is 0 Å². The van der Waals surface area contributed by atoms with Crippen LogP contribution in [0.25, 0.3) is 0 Å². The molecule has 0 amide bonds. The van der Waals surface area contributed by atoms with E-state index in [0.29, 0.717) is 0 Å². The van der Waals surface area contributed by atoms with E-state index >= 15 is 0 Å². The second kappa shape index (κ2) is 14300. The van der Waals surface area contributed by atoms with Crippen molar-refractivity contribution < 1.29 is 20.4 Å². The van der Waals surface area contributed by atoms with E-state index in [-0.39, 0.29) is 7.43 Å². The summed E-state index contributed by atoms with van der Waals surface area (Å²) in [5.41, 5.74) is 0. The van der Waals surface area contributed by atoms with Crippen LogP contribution in [0.3, 0.4) is 0 Å². The number of hydrogen-bond donors (Lipinski definition) is 0. The Morgan fingerprint density at radius 1 is 0.444 bits per heavy atom. The summed E-state index contributed by atoms with van der Waals surface area (Å²) < 4.78 is 0. The standard InChI is InChI=1S/4CH3O.C/c4*1-2;/h4*1H3;/q4*-1;+4. The van der Waals surface area contributed by atoms with E-state index in [1.807, 2.05) is 0 Å². The molecule has 0 atom stereocenters. The third-order valence-electron chi connectivity index (χ3n) is 0. The third-order valence-corrected chi connectivity index (χ3v) is 0. The Morgan fingerprint density at radius 3 is 0.444 bits per heavy atom. The fourth-order valence-corrected chi connectivity index (χ4v) is 0. The molecule has 0 radical (unpaired) electrons. The first-order valence-electron chi connectivity index (χ1n) is 1.63. The first kappa shape index (κ1) is 36.8. The third kappa shape index (κ3) is 10400. The molecule has 56 valence electrons. The van der Waals surface area contributed by atoms with Gasteiger partial charge in [0.2, 0.25) is 0 Å². The maximum absolute atomic E-state index is 8.25. The fourth-order valence-electron chi connectivity index (χ4n) is 0. The van der Waals surface area contributed by atoms with Crippen LogP contribution in [-0.2, 0) is 0 Å². The summed E-state index contributed by atoms with van der Waals surface area (Å²) in [5.74, 6) is 0. The van der Waals surface area contributed by atoms with E-state index < -0.39 is 0 Å². The maximum Gasteiger partial charge on any atom is 4.00 e. The van der Waals surface area contributed by atoms with Gasteiger partial charge in [-0.05, 0) is 0 Å². The van der Waals surface area contributed by atoms with Gasteiger partial charge in [-0.25, -0.2) is 0 Å². The molecule has 9 heavy (non-hydrogen) atoms. The quantitative estimate of drug-likeness (QED) is 0.339. The molecule has 0 aliphatic rings. The molecule has 4 heteroatoms. The molecule has 0 saturated carbocycles. The van der Waals surface area contributed by atoms with Crippen molar-refractivity contribution in [2.75, 3.05) is 28.4 Å². The van der Waals surface area contributed by atoms with Crippen molar-refractivity contribution in [1.29, 1.82) is 0 Å². The minimum atomic E-state index is 0. The summed E-state index contributed by atoms with van der Waals surface area (Å²) in [6.07, 6.45) is 0. The molecule has 0 fully saturated rings. The minimum Gasteiger partial charge on any atom is -0.857 e. The molecule has 0 bridgehead atoms. The molecule has 0 N–H and O–H groups in total. The Labute approximate surface area is 57.4 Å². The van der Waals surface area contributed by atoms with E-state index in [1.54, 1.807) is 0 Å². The van der Waals surface area contributed by atoms with Crippen LogP contribution in [0.15, 0.2) is 0 Å². The Hall–Kier alpha value is -0.160. The van der Waals surface area contributed by atoms with Crippen molar-refractivity contribution in [2.45, 2.75) is 0 Å².